The van der Waals surface area contributed by atoms with Gasteiger partial charge in [-0.2, -0.15) is 0 Å². The van der Waals surface area contributed by atoms with Gasteiger partial charge in [0, 0.05) is 19.3 Å². The van der Waals surface area contributed by atoms with Crippen LogP contribution < -0.4 is 0 Å². The highest BCUT2D eigenvalue weighted by Crippen LogP contribution is 2.44. The van der Waals surface area contributed by atoms with Crippen LogP contribution in [0.3, 0.4) is 0 Å². The molecule has 0 radical (unpaired) electrons. The molecule has 2 rings (SSSR count). The van der Waals surface area contributed by atoms with Crippen LogP contribution in [-0.4, -0.2) is 75.9 Å². The summed E-state index contributed by atoms with van der Waals surface area (Å²) in [5, 5.41) is 38.5. The molecule has 0 bridgehead atoms. The fourth-order valence-electron chi connectivity index (χ4n) is 4.43. The van der Waals surface area contributed by atoms with Crippen molar-refractivity contribution in [2.45, 2.75) is 77.2 Å². The molecule has 1 aliphatic heterocycles. The van der Waals surface area contributed by atoms with Crippen molar-refractivity contribution < 1.29 is 39.5 Å². The Morgan fingerprint density at radius 3 is 2.48 bits per heavy atom. The summed E-state index contributed by atoms with van der Waals surface area (Å²) in [6.07, 6.45) is -4.87. The predicted octanol–water partition coefficient (Wildman–Crippen LogP) is -0.206. The fraction of sp³-hybridized carbons (Fsp3) is 0.895. The zero-order valence-corrected chi connectivity index (χ0v) is 16.2. The zero-order chi connectivity index (χ0) is 20.4. The van der Waals surface area contributed by atoms with Gasteiger partial charge in [0.1, 0.15) is 36.8 Å². The SMILES string of the molecule is CC1CC(=O)CC(C)(C)C1CCC(=O)COC1OC(CO)C(O)C(O)C1O. The van der Waals surface area contributed by atoms with Gasteiger partial charge in [-0.1, -0.05) is 20.8 Å². The van der Waals surface area contributed by atoms with Crippen molar-refractivity contribution in [3.05, 3.63) is 0 Å². The molecule has 0 aromatic carbocycles. The van der Waals surface area contributed by atoms with E-state index in [1.165, 1.54) is 0 Å². The number of ketones is 2. The summed E-state index contributed by atoms with van der Waals surface area (Å²) in [5.41, 5.74) is -0.146. The highest BCUT2D eigenvalue weighted by molar-refractivity contribution is 5.81. The molecule has 4 N–H and O–H groups in total. The molecule has 1 saturated carbocycles. The standard InChI is InChI=1S/C19H32O8/c1-10-6-12(22)7-19(2,3)13(10)5-4-11(21)9-26-18-17(25)16(24)15(23)14(8-20)27-18/h10,13-18,20,23-25H,4-9H2,1-3H3. The Hall–Kier alpha value is -0.900. The summed E-state index contributed by atoms with van der Waals surface area (Å²) >= 11 is 0. The Morgan fingerprint density at radius 2 is 1.89 bits per heavy atom. The van der Waals surface area contributed by atoms with Crippen LogP contribution in [0.2, 0.25) is 0 Å². The molecule has 1 heterocycles. The summed E-state index contributed by atoms with van der Waals surface area (Å²) in [5.74, 6) is 0.569. The minimum absolute atomic E-state index is 0.146. The minimum atomic E-state index is -1.53. The van der Waals surface area contributed by atoms with Gasteiger partial charge in [0.05, 0.1) is 6.61 Å². The summed E-state index contributed by atoms with van der Waals surface area (Å²) in [6, 6.07) is 0. The number of carbonyl (C=O) groups excluding carboxylic acids is 2. The van der Waals surface area contributed by atoms with E-state index in [2.05, 4.69) is 13.8 Å². The van der Waals surface area contributed by atoms with E-state index in [4.69, 9.17) is 14.6 Å². The first kappa shape index (κ1) is 22.4. The quantitative estimate of drug-likeness (QED) is 0.471. The first-order valence-electron chi connectivity index (χ1n) is 9.52. The van der Waals surface area contributed by atoms with Crippen molar-refractivity contribution in [1.29, 1.82) is 0 Å². The van der Waals surface area contributed by atoms with E-state index in [9.17, 15) is 24.9 Å². The van der Waals surface area contributed by atoms with Gasteiger partial charge in [-0.05, 0) is 23.7 Å². The number of hydrogen-bond donors (Lipinski definition) is 4. The molecule has 7 atom stereocenters. The number of ether oxygens (including phenoxy) is 2. The molecular weight excluding hydrogens is 356 g/mol. The number of aliphatic hydroxyl groups excluding tert-OH is 4. The Morgan fingerprint density at radius 1 is 1.22 bits per heavy atom. The second-order valence-corrected chi connectivity index (χ2v) is 8.58. The first-order chi connectivity index (χ1) is 12.6. The molecule has 8 heteroatoms. The number of carbonyl (C=O) groups is 2. The van der Waals surface area contributed by atoms with E-state index in [1.54, 1.807) is 0 Å². The smallest absolute Gasteiger partial charge is 0.187 e. The van der Waals surface area contributed by atoms with Gasteiger partial charge in [0.2, 0.25) is 0 Å². The molecule has 0 aromatic rings. The normalized spacial score (nSPS) is 39.4. The summed E-state index contributed by atoms with van der Waals surface area (Å²) in [6.45, 7) is 5.30. The number of Topliss-reactive ketones (excluding diaryl/α,β-unsaturated/α-hetero) is 2. The molecule has 0 aromatic heterocycles. The molecule has 1 saturated heterocycles. The highest BCUT2D eigenvalue weighted by atomic mass is 16.7. The average molecular weight is 388 g/mol. The van der Waals surface area contributed by atoms with Crippen molar-refractivity contribution in [2.24, 2.45) is 17.3 Å². The van der Waals surface area contributed by atoms with Crippen LogP contribution >= 0.6 is 0 Å². The highest BCUT2D eigenvalue weighted by Gasteiger charge is 2.44. The molecule has 7 unspecified atom stereocenters. The van der Waals surface area contributed by atoms with E-state index in [0.29, 0.717) is 19.3 Å². The lowest BCUT2D eigenvalue weighted by atomic mass is 9.62. The topological polar surface area (TPSA) is 134 Å². The molecule has 2 aliphatic rings. The summed E-state index contributed by atoms with van der Waals surface area (Å²) < 4.78 is 10.5. The van der Waals surface area contributed by atoms with Gasteiger partial charge in [0.15, 0.2) is 12.1 Å². The minimum Gasteiger partial charge on any atom is -0.394 e. The zero-order valence-electron chi connectivity index (χ0n) is 16.2. The van der Waals surface area contributed by atoms with Gasteiger partial charge in [-0.15, -0.1) is 0 Å². The average Bonchev–Trinajstić information content (AvgIpc) is 2.57. The Kier molecular flexibility index (Phi) is 7.52. The van der Waals surface area contributed by atoms with Crippen LogP contribution in [0.4, 0.5) is 0 Å². The second-order valence-electron chi connectivity index (χ2n) is 8.58. The van der Waals surface area contributed by atoms with Crippen LogP contribution in [0.1, 0.15) is 46.5 Å². The van der Waals surface area contributed by atoms with Gasteiger partial charge >= 0.3 is 0 Å². The number of aliphatic hydroxyl groups is 4. The van der Waals surface area contributed by atoms with Crippen LogP contribution in [0.25, 0.3) is 0 Å². The second kappa shape index (κ2) is 9.07. The molecule has 156 valence electrons. The maximum absolute atomic E-state index is 12.2. The van der Waals surface area contributed by atoms with Crippen molar-refractivity contribution in [3.63, 3.8) is 0 Å². The van der Waals surface area contributed by atoms with Crippen molar-refractivity contribution in [3.8, 4) is 0 Å². The van der Waals surface area contributed by atoms with Gasteiger partial charge in [-0.25, -0.2) is 0 Å². The van der Waals surface area contributed by atoms with Crippen LogP contribution in [0, 0.1) is 17.3 Å². The molecule has 8 nitrogen and oxygen atoms in total. The molecule has 0 spiro atoms. The molecule has 1 aliphatic carbocycles. The third kappa shape index (κ3) is 5.34. The monoisotopic (exact) mass is 388 g/mol. The van der Waals surface area contributed by atoms with E-state index < -0.39 is 37.3 Å². The third-order valence-electron chi connectivity index (χ3n) is 5.88. The summed E-state index contributed by atoms with van der Waals surface area (Å²) in [7, 11) is 0. The van der Waals surface area contributed by atoms with Gasteiger partial charge < -0.3 is 29.9 Å². The maximum atomic E-state index is 12.2. The first-order valence-corrected chi connectivity index (χ1v) is 9.52. The maximum Gasteiger partial charge on any atom is 0.187 e. The predicted molar refractivity (Wildman–Crippen MR) is 94.6 cm³/mol. The number of hydrogen-bond acceptors (Lipinski definition) is 8. The van der Waals surface area contributed by atoms with E-state index in [-0.39, 0.29) is 41.8 Å². The lowest BCUT2D eigenvalue weighted by molar-refractivity contribution is -0.299. The Bertz CT molecular complexity index is 532. The Balaban J connectivity index is 1.83. The molecule has 0 amide bonds. The van der Waals surface area contributed by atoms with E-state index >= 15 is 0 Å². The van der Waals surface area contributed by atoms with Gasteiger partial charge in [0.25, 0.3) is 0 Å². The molecule has 2 fully saturated rings. The lowest BCUT2D eigenvalue weighted by Crippen LogP contribution is -2.59. The van der Waals surface area contributed by atoms with Crippen molar-refractivity contribution >= 4 is 11.6 Å². The fourth-order valence-corrected chi connectivity index (χ4v) is 4.43. The van der Waals surface area contributed by atoms with Crippen molar-refractivity contribution in [1.82, 2.24) is 0 Å². The largest absolute Gasteiger partial charge is 0.394 e. The lowest BCUT2D eigenvalue weighted by Gasteiger charge is -2.42. The van der Waals surface area contributed by atoms with Crippen LogP contribution in [0.15, 0.2) is 0 Å². The third-order valence-corrected chi connectivity index (χ3v) is 5.88. The van der Waals surface area contributed by atoms with Crippen LogP contribution in [0.5, 0.6) is 0 Å². The Labute approximate surface area is 159 Å². The molecule has 27 heavy (non-hydrogen) atoms. The van der Waals surface area contributed by atoms with Crippen molar-refractivity contribution in [2.75, 3.05) is 13.2 Å². The number of rotatable bonds is 7. The summed E-state index contributed by atoms with van der Waals surface area (Å²) in [4.78, 5) is 24.0. The molecular formula is C19H32O8. The van der Waals surface area contributed by atoms with Crippen LogP contribution in [-0.2, 0) is 19.1 Å². The van der Waals surface area contributed by atoms with Gasteiger partial charge in [-0.3, -0.25) is 9.59 Å². The van der Waals surface area contributed by atoms with E-state index in [0.717, 1.165) is 0 Å². The van der Waals surface area contributed by atoms with E-state index in [1.807, 2.05) is 6.92 Å².